The van der Waals surface area contributed by atoms with Gasteiger partial charge in [0, 0.05) is 25.4 Å². The molecule has 1 aromatic carbocycles. The van der Waals surface area contributed by atoms with E-state index in [9.17, 15) is 22.4 Å². The zero-order valence-electron chi connectivity index (χ0n) is 18.1. The fourth-order valence-electron chi connectivity index (χ4n) is 3.59. The summed E-state index contributed by atoms with van der Waals surface area (Å²) in [6, 6.07) is 10.2. The Kier molecular flexibility index (Phi) is 6.90. The Bertz CT molecular complexity index is 1250. The molecule has 0 aliphatic rings. The van der Waals surface area contributed by atoms with E-state index in [4.69, 9.17) is 0 Å². The molecular formula is C23H22F4N6O. The Labute approximate surface area is 192 Å². The van der Waals surface area contributed by atoms with Crippen molar-refractivity contribution in [3.05, 3.63) is 77.4 Å². The molecule has 0 saturated carbocycles. The van der Waals surface area contributed by atoms with Crippen molar-refractivity contribution in [2.45, 2.75) is 44.9 Å². The second-order valence-corrected chi connectivity index (χ2v) is 7.78. The number of H-pyrrole nitrogens is 1. The number of aryl methyl sites for hydroxylation is 2. The minimum Gasteiger partial charge on any atom is -0.346 e. The quantitative estimate of drug-likeness (QED) is 0.273. The smallest absolute Gasteiger partial charge is 0.346 e. The van der Waals surface area contributed by atoms with Gasteiger partial charge >= 0.3 is 6.18 Å². The molecule has 0 radical (unpaired) electrons. The Morgan fingerprint density at radius 1 is 1.09 bits per heavy atom. The number of carbonyl (C=O) groups excluding carboxylic acids is 1. The number of hydrogen-bond acceptors (Lipinski definition) is 4. The third-order valence-electron chi connectivity index (χ3n) is 5.27. The standard InChI is InChI=1S/C23H22F4N6O/c24-16-7-6-11-28-19(16)13-29-22(34)15-14-33(32-21(15)23(25,26)27)12-5-1-2-10-20-30-17-8-3-4-9-18(17)31-20/h3-4,6-9,11,14H,1-2,5,10,12-13H2,(H,29,34)(H,30,31). The lowest BCUT2D eigenvalue weighted by Crippen LogP contribution is -2.26. The number of benzene rings is 1. The molecule has 4 aromatic rings. The topological polar surface area (TPSA) is 88.5 Å². The Balaban J connectivity index is 1.32. The number of fused-ring (bicyclic) bond motifs is 1. The second kappa shape index (κ2) is 10.0. The zero-order chi connectivity index (χ0) is 24.1. The maximum absolute atomic E-state index is 13.7. The number of carbonyl (C=O) groups is 1. The zero-order valence-corrected chi connectivity index (χ0v) is 18.1. The number of imidazole rings is 1. The van der Waals surface area contributed by atoms with Crippen molar-refractivity contribution in [1.82, 2.24) is 30.0 Å². The van der Waals surface area contributed by atoms with Crippen molar-refractivity contribution < 1.29 is 22.4 Å². The predicted octanol–water partition coefficient (Wildman–Crippen LogP) is 4.66. The molecule has 0 saturated heterocycles. The molecule has 178 valence electrons. The van der Waals surface area contributed by atoms with Gasteiger partial charge in [-0.1, -0.05) is 18.6 Å². The molecule has 4 rings (SSSR count). The minimum atomic E-state index is -4.80. The van der Waals surface area contributed by atoms with E-state index in [0.717, 1.165) is 53.1 Å². The summed E-state index contributed by atoms with van der Waals surface area (Å²) < 4.78 is 55.1. The summed E-state index contributed by atoms with van der Waals surface area (Å²) in [6.45, 7) is -0.110. The molecule has 3 heterocycles. The number of unbranched alkanes of at least 4 members (excludes halogenated alkanes) is 2. The lowest BCUT2D eigenvalue weighted by Gasteiger charge is -2.07. The van der Waals surface area contributed by atoms with Gasteiger partial charge in [0.15, 0.2) is 5.69 Å². The van der Waals surface area contributed by atoms with Gasteiger partial charge in [0.1, 0.15) is 11.6 Å². The van der Waals surface area contributed by atoms with Crippen molar-refractivity contribution in [3.63, 3.8) is 0 Å². The monoisotopic (exact) mass is 474 g/mol. The predicted molar refractivity (Wildman–Crippen MR) is 116 cm³/mol. The SMILES string of the molecule is O=C(NCc1ncccc1F)c1cn(CCCCCc2nc3ccccc3[nH]2)nc1C(F)(F)F. The van der Waals surface area contributed by atoms with Gasteiger partial charge in [-0.3, -0.25) is 14.5 Å². The highest BCUT2D eigenvalue weighted by atomic mass is 19.4. The van der Waals surface area contributed by atoms with Crippen molar-refractivity contribution in [1.29, 1.82) is 0 Å². The van der Waals surface area contributed by atoms with Gasteiger partial charge in [0.25, 0.3) is 5.91 Å². The summed E-state index contributed by atoms with van der Waals surface area (Å²) >= 11 is 0. The van der Waals surface area contributed by atoms with Crippen LogP contribution >= 0.6 is 0 Å². The van der Waals surface area contributed by atoms with E-state index in [-0.39, 0.29) is 18.8 Å². The fraction of sp³-hybridized carbons (Fsp3) is 0.304. The maximum Gasteiger partial charge on any atom is 0.435 e. The summed E-state index contributed by atoms with van der Waals surface area (Å²) in [5.74, 6) is -0.784. The largest absolute Gasteiger partial charge is 0.435 e. The van der Waals surface area contributed by atoms with Crippen LogP contribution in [0.15, 0.2) is 48.8 Å². The highest BCUT2D eigenvalue weighted by molar-refractivity contribution is 5.95. The molecule has 0 fully saturated rings. The molecule has 11 heteroatoms. The van der Waals surface area contributed by atoms with E-state index >= 15 is 0 Å². The van der Waals surface area contributed by atoms with Crippen LogP contribution in [0.5, 0.6) is 0 Å². The van der Waals surface area contributed by atoms with Crippen molar-refractivity contribution in [2.24, 2.45) is 0 Å². The molecular weight excluding hydrogens is 452 g/mol. The average Bonchev–Trinajstić information content (AvgIpc) is 3.42. The second-order valence-electron chi connectivity index (χ2n) is 7.78. The molecule has 7 nitrogen and oxygen atoms in total. The lowest BCUT2D eigenvalue weighted by molar-refractivity contribution is -0.141. The molecule has 0 aliphatic carbocycles. The van der Waals surface area contributed by atoms with E-state index in [2.05, 4.69) is 25.4 Å². The van der Waals surface area contributed by atoms with Gasteiger partial charge < -0.3 is 10.3 Å². The number of nitrogens with one attached hydrogen (secondary N) is 2. The number of pyridine rings is 1. The highest BCUT2D eigenvalue weighted by Gasteiger charge is 2.39. The summed E-state index contributed by atoms with van der Waals surface area (Å²) in [7, 11) is 0. The van der Waals surface area contributed by atoms with Crippen LogP contribution in [-0.2, 0) is 25.7 Å². The van der Waals surface area contributed by atoms with Crippen LogP contribution in [0.25, 0.3) is 11.0 Å². The number of alkyl halides is 3. The number of nitrogens with zero attached hydrogens (tertiary/aromatic N) is 4. The van der Waals surface area contributed by atoms with E-state index < -0.39 is 29.2 Å². The maximum atomic E-state index is 13.7. The van der Waals surface area contributed by atoms with E-state index in [1.54, 1.807) is 0 Å². The third kappa shape index (κ3) is 5.59. The van der Waals surface area contributed by atoms with Crippen LogP contribution < -0.4 is 5.32 Å². The number of para-hydroxylation sites is 2. The molecule has 3 aromatic heterocycles. The molecule has 0 spiro atoms. The third-order valence-corrected chi connectivity index (χ3v) is 5.27. The van der Waals surface area contributed by atoms with Crippen LogP contribution in [0.4, 0.5) is 17.6 Å². The van der Waals surface area contributed by atoms with Crippen LogP contribution in [0.2, 0.25) is 0 Å². The molecule has 1 amide bonds. The first-order chi connectivity index (χ1) is 16.3. The summed E-state index contributed by atoms with van der Waals surface area (Å²) in [6.07, 6.45) is 0.466. The summed E-state index contributed by atoms with van der Waals surface area (Å²) in [4.78, 5) is 23.9. The molecule has 0 bridgehead atoms. The van der Waals surface area contributed by atoms with Crippen LogP contribution in [0, 0.1) is 5.82 Å². The molecule has 0 unspecified atom stereocenters. The van der Waals surface area contributed by atoms with Gasteiger partial charge in [-0.25, -0.2) is 9.37 Å². The Morgan fingerprint density at radius 3 is 2.68 bits per heavy atom. The van der Waals surface area contributed by atoms with Crippen LogP contribution in [-0.4, -0.2) is 30.6 Å². The normalized spacial score (nSPS) is 11.8. The number of rotatable bonds is 9. The average molecular weight is 474 g/mol. The molecule has 2 N–H and O–H groups in total. The first-order valence-electron chi connectivity index (χ1n) is 10.8. The Hall–Kier alpha value is -3.76. The number of aromatic nitrogens is 5. The number of halogens is 4. The minimum absolute atomic E-state index is 0.0683. The van der Waals surface area contributed by atoms with Crippen LogP contribution in [0.1, 0.15) is 46.8 Å². The first kappa shape index (κ1) is 23.4. The number of amides is 1. The number of hydrogen-bond donors (Lipinski definition) is 2. The van der Waals surface area contributed by atoms with Gasteiger partial charge in [0.2, 0.25) is 0 Å². The van der Waals surface area contributed by atoms with E-state index in [1.807, 2.05) is 24.3 Å². The Morgan fingerprint density at radius 2 is 1.91 bits per heavy atom. The van der Waals surface area contributed by atoms with Crippen molar-refractivity contribution in [2.75, 3.05) is 0 Å². The van der Waals surface area contributed by atoms with Gasteiger partial charge in [-0.2, -0.15) is 18.3 Å². The first-order valence-corrected chi connectivity index (χ1v) is 10.8. The van der Waals surface area contributed by atoms with Crippen LogP contribution in [0.3, 0.4) is 0 Å². The fourth-order valence-corrected chi connectivity index (χ4v) is 3.59. The van der Waals surface area contributed by atoms with E-state index in [1.165, 1.54) is 12.3 Å². The molecule has 0 aliphatic heterocycles. The molecule has 34 heavy (non-hydrogen) atoms. The van der Waals surface area contributed by atoms with E-state index in [0.29, 0.717) is 6.42 Å². The lowest BCUT2D eigenvalue weighted by atomic mass is 10.2. The van der Waals surface area contributed by atoms with Gasteiger partial charge in [-0.15, -0.1) is 0 Å². The summed E-state index contributed by atoms with van der Waals surface area (Å²) in [5, 5.41) is 5.86. The van der Waals surface area contributed by atoms with Gasteiger partial charge in [-0.05, 0) is 37.1 Å². The number of aromatic amines is 1. The van der Waals surface area contributed by atoms with Crippen molar-refractivity contribution in [3.8, 4) is 0 Å². The summed E-state index contributed by atoms with van der Waals surface area (Å²) in [5.41, 5.74) is -0.0863. The van der Waals surface area contributed by atoms with Crippen molar-refractivity contribution >= 4 is 16.9 Å². The highest BCUT2D eigenvalue weighted by Crippen LogP contribution is 2.31. The van der Waals surface area contributed by atoms with Gasteiger partial charge in [0.05, 0.1) is 28.8 Å². The molecule has 0 atom stereocenters.